The van der Waals surface area contributed by atoms with E-state index in [0.717, 1.165) is 37.7 Å². The van der Waals surface area contributed by atoms with Gasteiger partial charge in [-0.1, -0.05) is 25.2 Å². The van der Waals surface area contributed by atoms with Crippen molar-refractivity contribution < 1.29 is 108 Å². The molecule has 4 heterocycles. The fourth-order valence-electron chi connectivity index (χ4n) is 11.4. The van der Waals surface area contributed by atoms with Gasteiger partial charge in [-0.15, -0.1) is 0 Å². The number of piperidine rings is 1. The van der Waals surface area contributed by atoms with Gasteiger partial charge in [0.15, 0.2) is 0 Å². The minimum atomic E-state index is -1.71. The summed E-state index contributed by atoms with van der Waals surface area (Å²) in [4.78, 5) is 71.9. The van der Waals surface area contributed by atoms with Gasteiger partial charge in [-0.25, -0.2) is 0 Å². The van der Waals surface area contributed by atoms with Crippen molar-refractivity contribution in [1.29, 1.82) is 0 Å². The molecule has 4 fully saturated rings. The molecule has 1 aliphatic carbocycles. The Morgan fingerprint density at radius 1 is 0.785 bits per heavy atom. The van der Waals surface area contributed by atoms with Crippen LogP contribution in [0.25, 0.3) is 0 Å². The molecule has 0 aromatic rings. The molecule has 0 aromatic heterocycles. The Bertz CT molecular complexity index is 1950. The van der Waals surface area contributed by atoms with Gasteiger partial charge in [-0.3, -0.25) is 0 Å². The predicted molar refractivity (Wildman–Crippen MR) is 289 cm³/mol. The molecule has 3 bridgehead atoms. The van der Waals surface area contributed by atoms with E-state index in [9.17, 15) is 29.4 Å². The summed E-state index contributed by atoms with van der Waals surface area (Å²) < 4.78 is 54.0. The summed E-state index contributed by atoms with van der Waals surface area (Å²) in [5.41, 5.74) is 1.43. The van der Waals surface area contributed by atoms with Crippen LogP contribution in [0.4, 0.5) is 0 Å². The molecule has 1 saturated carbocycles. The minimum absolute atomic E-state index is 0.0367. The number of ketones is 3. The Morgan fingerprint density at radius 2 is 1.49 bits per heavy atom. The van der Waals surface area contributed by atoms with Crippen LogP contribution in [0, 0.1) is 23.7 Å². The van der Waals surface area contributed by atoms with E-state index in [1.807, 2.05) is 27.7 Å². The molecule has 0 aromatic carbocycles. The Morgan fingerprint density at radius 3 is 2.19 bits per heavy atom. The van der Waals surface area contributed by atoms with E-state index in [-0.39, 0.29) is 82.4 Å². The number of hydrogen-bond acceptors (Lipinski definition) is 19. The molecule has 3 saturated heterocycles. The van der Waals surface area contributed by atoms with E-state index < -0.39 is 87.3 Å². The zero-order valence-corrected chi connectivity index (χ0v) is 50.9. The molecule has 0 amide bonds. The number of allylic oxidation sites excluding steroid dienone is 4. The van der Waals surface area contributed by atoms with Crippen LogP contribution in [0.15, 0.2) is 35.5 Å². The normalized spacial score (nSPS) is 36.9. The second kappa shape index (κ2) is 35.2. The van der Waals surface area contributed by atoms with E-state index in [4.69, 9.17) is 57.5 Å². The summed E-state index contributed by atoms with van der Waals surface area (Å²) in [6.07, 6.45) is 10.3. The summed E-state index contributed by atoms with van der Waals surface area (Å²) >= 11 is -0.690. The van der Waals surface area contributed by atoms with Gasteiger partial charge in [0.2, 0.25) is 0 Å². The fourth-order valence-corrected chi connectivity index (χ4v) is 15.4. The standard InChI is InChI=1S/C59H97INO18/c1-38-15-11-10-12-16-39(2)50(75-32-31-73-30-29-72-28-27-71-25-23-62)36-46-20-18-43(6)59(77-46)56(67)57(78-79-59)61-22-14-13-17-47(61)58(68)76-51(44(7)60-45-19-21-49(74-26-24-63)52(35-45)69-8)37-48(64)40(3)34-42(5)54(66)55(70-9)53(65)41(4)33-38/h11,15-16,34,38,40-41,43-47,49-52,54-55,57,62-63,66H,10,12-14,17-33,35-37H2,1-9H3/q-1/b15-11+,39-16+,42-34+/t38-,40-,41-,43-,44+,45-,46+,47+,49-,50?,51+,52-,54-,55+,57?,59?/m1/s1. The third kappa shape index (κ3) is 20.3. The number of aliphatic hydroxyl groups is 3. The number of methoxy groups -OCH3 is 2. The Hall–Kier alpha value is -2.13. The summed E-state index contributed by atoms with van der Waals surface area (Å²) in [7, 11) is 3.07. The van der Waals surface area contributed by atoms with Crippen LogP contribution in [0.2, 0.25) is 0 Å². The maximum absolute atomic E-state index is 14.9. The fraction of sp³-hybridized carbons (Fsp3) is 0.831. The number of alkyl halides is 2. The van der Waals surface area contributed by atoms with Crippen LogP contribution in [-0.2, 0) is 71.6 Å². The van der Waals surface area contributed by atoms with Crippen molar-refractivity contribution >= 4 is 23.3 Å². The summed E-state index contributed by atoms with van der Waals surface area (Å²) in [6, 6.07) is -0.865. The maximum atomic E-state index is 14.9. The monoisotopic (exact) mass is 1230 g/mol. The molecule has 5 rings (SSSR count). The molecular weight excluding hydrogens is 1140 g/mol. The summed E-state index contributed by atoms with van der Waals surface area (Å²) in [5, 5.41) is 29.9. The van der Waals surface area contributed by atoms with Crippen LogP contribution in [0.3, 0.4) is 0 Å². The SMILES string of the molecule is CO[C@@H]1C[C@H]([I-][C@@H](C)[C@@H]2CC(=O)[C@H](C)/C=C(\C)[C@@H](O)[C@@H](OC)C(=O)[C@H](C)C[C@H](C)/C=C/CC/C=C(\C)C(OCCOCCOCCOCCO)C[C@@H]3CC[C@@H](C)C4(OOC(C4=O)N4CCCC[C@H]4C(=O)O2)O3)CC[C@H]1OCCO. The number of rotatable bonds is 20. The molecule has 3 N–H and O–H groups in total. The van der Waals surface area contributed by atoms with Crippen LogP contribution in [0.5, 0.6) is 0 Å². The van der Waals surface area contributed by atoms with Crippen molar-refractivity contribution in [3.05, 3.63) is 35.5 Å². The first-order valence-electron chi connectivity index (χ1n) is 29.1. The van der Waals surface area contributed by atoms with Gasteiger partial charge in [0, 0.05) is 0 Å². The van der Waals surface area contributed by atoms with Gasteiger partial charge >= 0.3 is 343 Å². The number of esters is 1. The van der Waals surface area contributed by atoms with Gasteiger partial charge < -0.3 is 24.1 Å². The summed E-state index contributed by atoms with van der Waals surface area (Å²) in [6.45, 7) is 16.3. The van der Waals surface area contributed by atoms with Crippen LogP contribution < -0.4 is 21.2 Å². The van der Waals surface area contributed by atoms with Gasteiger partial charge in [0.05, 0.1) is 59.0 Å². The third-order valence-corrected chi connectivity index (χ3v) is 20.2. The third-order valence-electron chi connectivity index (χ3n) is 16.1. The molecule has 3 unspecified atom stereocenters. The second-order valence-corrected chi connectivity index (χ2v) is 26.7. The van der Waals surface area contributed by atoms with Crippen LogP contribution in [-0.4, -0.2) is 199 Å². The van der Waals surface area contributed by atoms with Crippen LogP contribution in [0.1, 0.15) is 132 Å². The van der Waals surface area contributed by atoms with Gasteiger partial charge in [0.1, 0.15) is 0 Å². The topological polar surface area (TPSA) is 234 Å². The van der Waals surface area contributed by atoms with E-state index >= 15 is 0 Å². The first-order valence-corrected chi connectivity index (χ1v) is 31.6. The zero-order valence-electron chi connectivity index (χ0n) is 48.7. The average Bonchev–Trinajstić information content (AvgIpc) is 4.05. The van der Waals surface area contributed by atoms with Crippen molar-refractivity contribution in [3.63, 3.8) is 0 Å². The summed E-state index contributed by atoms with van der Waals surface area (Å²) in [5.74, 6) is -4.51. The van der Waals surface area contributed by atoms with Crippen molar-refractivity contribution in [1.82, 2.24) is 4.90 Å². The van der Waals surface area contributed by atoms with E-state index in [1.165, 1.54) is 7.11 Å². The molecule has 0 radical (unpaired) electrons. The van der Waals surface area contributed by atoms with E-state index in [0.29, 0.717) is 96.7 Å². The number of halogens is 1. The molecule has 1 spiro atoms. The molecule has 19 nitrogen and oxygen atoms in total. The number of cyclic esters (lactones) is 1. The molecule has 79 heavy (non-hydrogen) atoms. The number of carbonyl (C=O) groups is 4. The molecule has 16 atom stereocenters. The number of hydrogen-bond donors (Lipinski definition) is 3. The number of ether oxygens (including phenoxy) is 9. The van der Waals surface area contributed by atoms with Gasteiger partial charge in [-0.05, 0) is 31.3 Å². The average molecular weight is 1240 g/mol. The Kier molecular flexibility index (Phi) is 30.2. The number of carbonyl (C=O) groups excluding carboxylic acids is 4. The van der Waals surface area contributed by atoms with E-state index in [2.05, 4.69) is 25.2 Å². The van der Waals surface area contributed by atoms with Crippen molar-refractivity contribution in [2.75, 3.05) is 86.8 Å². The van der Waals surface area contributed by atoms with Crippen LogP contribution >= 0.6 is 0 Å². The number of Topliss-reactive ketones (excluding diaryl/α,β-unsaturated/α-hetero) is 3. The second-order valence-electron chi connectivity index (χ2n) is 22.2. The first-order chi connectivity index (χ1) is 38.0. The molecule has 20 heteroatoms. The number of aliphatic hydroxyl groups excluding tert-OH is 3. The molecule has 4 aliphatic heterocycles. The molecule has 454 valence electrons. The molecule has 5 aliphatic rings. The predicted octanol–water partition coefficient (Wildman–Crippen LogP) is 2.81. The Labute approximate surface area is 480 Å². The van der Waals surface area contributed by atoms with Crippen molar-refractivity contribution in [3.8, 4) is 0 Å². The zero-order chi connectivity index (χ0) is 57.5. The van der Waals surface area contributed by atoms with E-state index in [1.54, 1.807) is 31.9 Å². The number of fused-ring (bicyclic) bond motifs is 4. The van der Waals surface area contributed by atoms with Crippen molar-refractivity contribution in [2.45, 2.75) is 201 Å². The molecular formula is C59H97INO18-. The quantitative estimate of drug-likeness (QED) is 0.0397. The van der Waals surface area contributed by atoms with Gasteiger partial charge in [-0.2, -0.15) is 0 Å². The Balaban J connectivity index is 1.41. The first kappa shape index (κ1) is 67.7. The van der Waals surface area contributed by atoms with Gasteiger partial charge in [0.25, 0.3) is 0 Å². The number of nitrogens with zero attached hydrogens (tertiary/aromatic N) is 1. The van der Waals surface area contributed by atoms with Crippen molar-refractivity contribution in [2.24, 2.45) is 23.7 Å².